The number of amides is 1. The highest BCUT2D eigenvalue weighted by Crippen LogP contribution is 2.22. The minimum Gasteiger partial charge on any atom is -0.481 e. The number of halogens is 1. The van der Waals surface area contributed by atoms with E-state index in [0.29, 0.717) is 10.6 Å². The summed E-state index contributed by atoms with van der Waals surface area (Å²) < 4.78 is 5.19. The summed E-state index contributed by atoms with van der Waals surface area (Å²) in [5.41, 5.74) is 1.30. The summed E-state index contributed by atoms with van der Waals surface area (Å²) in [6.45, 7) is 2.20. The number of benzene rings is 1. The molecule has 1 heterocycles. The third-order valence-electron chi connectivity index (χ3n) is 3.59. The topological polar surface area (TPSA) is 66.8 Å². The van der Waals surface area contributed by atoms with E-state index in [1.165, 1.54) is 4.90 Å². The molecule has 0 radical (unpaired) electrons. The van der Waals surface area contributed by atoms with E-state index < -0.39 is 17.9 Å². The fourth-order valence-corrected chi connectivity index (χ4v) is 2.41. The maximum absolute atomic E-state index is 12.4. The first-order chi connectivity index (χ1) is 9.41. The Hall–Kier alpha value is -1.59. The second-order valence-electron chi connectivity index (χ2n) is 4.93. The minimum absolute atomic E-state index is 0.136. The summed E-state index contributed by atoms with van der Waals surface area (Å²) in [4.78, 5) is 25.0. The number of likely N-dealkylation sites (N-methyl/N-ethyl adjacent to an activating group) is 1. The van der Waals surface area contributed by atoms with Crippen LogP contribution in [0.25, 0.3) is 0 Å². The van der Waals surface area contributed by atoms with Crippen molar-refractivity contribution in [3.8, 4) is 0 Å². The second-order valence-corrected chi connectivity index (χ2v) is 5.34. The van der Waals surface area contributed by atoms with Gasteiger partial charge in [-0.1, -0.05) is 11.6 Å². The Morgan fingerprint density at radius 3 is 2.70 bits per heavy atom. The van der Waals surface area contributed by atoms with Crippen molar-refractivity contribution in [2.75, 3.05) is 20.3 Å². The number of ether oxygens (including phenoxy) is 1. The molecule has 0 aromatic heterocycles. The fourth-order valence-electron chi connectivity index (χ4n) is 2.29. The second kappa shape index (κ2) is 5.81. The minimum atomic E-state index is -0.945. The van der Waals surface area contributed by atoms with Crippen LogP contribution in [0.3, 0.4) is 0 Å². The molecule has 1 aromatic rings. The van der Waals surface area contributed by atoms with Gasteiger partial charge in [-0.15, -0.1) is 0 Å². The summed E-state index contributed by atoms with van der Waals surface area (Å²) >= 11 is 5.93. The van der Waals surface area contributed by atoms with Gasteiger partial charge in [0.05, 0.1) is 19.3 Å². The average molecular weight is 298 g/mol. The lowest BCUT2D eigenvalue weighted by Gasteiger charge is -2.26. The maximum atomic E-state index is 12.4. The van der Waals surface area contributed by atoms with E-state index in [1.54, 1.807) is 25.2 Å². The van der Waals surface area contributed by atoms with Gasteiger partial charge in [0, 0.05) is 17.6 Å². The highest BCUT2D eigenvalue weighted by atomic mass is 35.5. The first-order valence-electron chi connectivity index (χ1n) is 6.25. The Morgan fingerprint density at radius 2 is 2.10 bits per heavy atom. The lowest BCUT2D eigenvalue weighted by molar-refractivity contribution is -0.142. The lowest BCUT2D eigenvalue weighted by Crippen LogP contribution is -2.44. The van der Waals surface area contributed by atoms with E-state index in [1.807, 2.05) is 6.92 Å². The number of aryl methyl sites for hydroxylation is 1. The molecule has 2 unspecified atom stereocenters. The van der Waals surface area contributed by atoms with E-state index in [0.717, 1.165) is 5.56 Å². The number of hydrogen-bond acceptors (Lipinski definition) is 3. The van der Waals surface area contributed by atoms with Crippen LogP contribution in [0.1, 0.15) is 15.9 Å². The Bertz CT molecular complexity index is 546. The molecular weight excluding hydrogens is 282 g/mol. The van der Waals surface area contributed by atoms with Crippen LogP contribution < -0.4 is 0 Å². The highest BCUT2D eigenvalue weighted by molar-refractivity contribution is 6.31. The van der Waals surface area contributed by atoms with Crippen molar-refractivity contribution >= 4 is 23.5 Å². The first-order valence-corrected chi connectivity index (χ1v) is 6.63. The number of nitrogens with zero attached hydrogens (tertiary/aromatic N) is 1. The average Bonchev–Trinajstić information content (AvgIpc) is 2.89. The molecule has 1 N–H and O–H groups in total. The monoisotopic (exact) mass is 297 g/mol. The van der Waals surface area contributed by atoms with Crippen molar-refractivity contribution in [3.05, 3.63) is 34.3 Å². The summed E-state index contributed by atoms with van der Waals surface area (Å²) in [5.74, 6) is -1.86. The molecule has 0 aliphatic carbocycles. The van der Waals surface area contributed by atoms with Crippen LogP contribution >= 0.6 is 11.6 Å². The van der Waals surface area contributed by atoms with Gasteiger partial charge in [0.25, 0.3) is 5.91 Å². The molecule has 108 valence electrons. The molecule has 2 rings (SSSR count). The molecule has 1 aliphatic heterocycles. The maximum Gasteiger partial charge on any atom is 0.311 e. The van der Waals surface area contributed by atoms with E-state index >= 15 is 0 Å². The SMILES string of the molecule is Cc1cc(C(=O)N(C)C2COCC2C(=O)O)ccc1Cl. The van der Waals surface area contributed by atoms with Crippen LogP contribution in [-0.4, -0.2) is 48.2 Å². The number of carbonyl (C=O) groups excluding carboxylic acids is 1. The van der Waals surface area contributed by atoms with Gasteiger partial charge in [0.2, 0.25) is 0 Å². The van der Waals surface area contributed by atoms with Gasteiger partial charge in [-0.2, -0.15) is 0 Å². The largest absolute Gasteiger partial charge is 0.481 e. The highest BCUT2D eigenvalue weighted by Gasteiger charge is 2.38. The Balaban J connectivity index is 2.19. The predicted octanol–water partition coefficient (Wildman–Crippen LogP) is 1.82. The van der Waals surface area contributed by atoms with Crippen molar-refractivity contribution in [3.63, 3.8) is 0 Å². The number of aliphatic carboxylic acids is 1. The van der Waals surface area contributed by atoms with E-state index in [4.69, 9.17) is 21.4 Å². The van der Waals surface area contributed by atoms with Gasteiger partial charge >= 0.3 is 5.97 Å². The number of rotatable bonds is 3. The smallest absolute Gasteiger partial charge is 0.311 e. The molecule has 20 heavy (non-hydrogen) atoms. The van der Waals surface area contributed by atoms with E-state index in [9.17, 15) is 9.59 Å². The van der Waals surface area contributed by atoms with Crippen molar-refractivity contribution < 1.29 is 19.4 Å². The molecule has 0 bridgehead atoms. The van der Waals surface area contributed by atoms with Gasteiger partial charge < -0.3 is 14.7 Å². The van der Waals surface area contributed by atoms with Crippen molar-refractivity contribution in [2.24, 2.45) is 5.92 Å². The molecule has 6 heteroatoms. The van der Waals surface area contributed by atoms with Crippen molar-refractivity contribution in [1.82, 2.24) is 4.90 Å². The van der Waals surface area contributed by atoms with Crippen LogP contribution in [0.2, 0.25) is 5.02 Å². The van der Waals surface area contributed by atoms with Crippen LogP contribution in [0.4, 0.5) is 0 Å². The van der Waals surface area contributed by atoms with Gasteiger partial charge in [-0.05, 0) is 30.7 Å². The van der Waals surface area contributed by atoms with Gasteiger partial charge in [0.1, 0.15) is 5.92 Å². The molecule has 2 atom stereocenters. The fraction of sp³-hybridized carbons (Fsp3) is 0.429. The molecule has 1 aromatic carbocycles. The normalized spacial score (nSPS) is 21.8. The molecule has 5 nitrogen and oxygen atoms in total. The number of carboxylic acids is 1. The lowest BCUT2D eigenvalue weighted by atomic mass is 10.0. The standard InChI is InChI=1S/C14H16ClNO4/c1-8-5-9(3-4-11(8)15)13(17)16(2)12-7-20-6-10(12)14(18)19/h3-5,10,12H,6-7H2,1-2H3,(H,18,19). The number of hydrogen-bond donors (Lipinski definition) is 1. The van der Waals surface area contributed by atoms with Crippen molar-refractivity contribution in [2.45, 2.75) is 13.0 Å². The molecule has 1 amide bonds. The van der Waals surface area contributed by atoms with Crippen LogP contribution in [0.15, 0.2) is 18.2 Å². The van der Waals surface area contributed by atoms with Gasteiger partial charge in [-0.3, -0.25) is 9.59 Å². The Kier molecular flexibility index (Phi) is 4.30. The quantitative estimate of drug-likeness (QED) is 0.924. The van der Waals surface area contributed by atoms with Crippen LogP contribution in [0, 0.1) is 12.8 Å². The molecule has 1 saturated heterocycles. The molecule has 1 fully saturated rings. The zero-order valence-corrected chi connectivity index (χ0v) is 12.1. The molecule has 0 spiro atoms. The van der Waals surface area contributed by atoms with Crippen molar-refractivity contribution in [1.29, 1.82) is 0 Å². The third-order valence-corrected chi connectivity index (χ3v) is 4.01. The number of carbonyl (C=O) groups is 2. The van der Waals surface area contributed by atoms with E-state index in [-0.39, 0.29) is 19.1 Å². The van der Waals surface area contributed by atoms with Crippen LogP contribution in [-0.2, 0) is 9.53 Å². The molecule has 0 saturated carbocycles. The molecule has 1 aliphatic rings. The summed E-state index contributed by atoms with van der Waals surface area (Å²) in [6, 6.07) is 4.56. The Morgan fingerprint density at radius 1 is 1.40 bits per heavy atom. The zero-order valence-electron chi connectivity index (χ0n) is 11.3. The van der Waals surface area contributed by atoms with Gasteiger partial charge in [0.15, 0.2) is 0 Å². The Labute approximate surface area is 122 Å². The third kappa shape index (κ3) is 2.78. The zero-order chi connectivity index (χ0) is 14.9. The predicted molar refractivity (Wildman–Crippen MR) is 74.0 cm³/mol. The summed E-state index contributed by atoms with van der Waals surface area (Å²) in [6.07, 6.45) is 0. The van der Waals surface area contributed by atoms with E-state index in [2.05, 4.69) is 0 Å². The summed E-state index contributed by atoms with van der Waals surface area (Å²) in [7, 11) is 1.60. The first kappa shape index (κ1) is 14.8. The van der Waals surface area contributed by atoms with Crippen LogP contribution in [0.5, 0.6) is 0 Å². The number of carboxylic acid groups (broad SMARTS) is 1. The molecular formula is C14H16ClNO4. The summed E-state index contributed by atoms with van der Waals surface area (Å²) in [5, 5.41) is 9.72. The van der Waals surface area contributed by atoms with Gasteiger partial charge in [-0.25, -0.2) is 0 Å².